The van der Waals surface area contributed by atoms with Gasteiger partial charge in [0.2, 0.25) is 0 Å². The van der Waals surface area contributed by atoms with Crippen LogP contribution >= 0.6 is 31.9 Å². The van der Waals surface area contributed by atoms with Crippen molar-refractivity contribution in [3.05, 3.63) is 50.9 Å². The van der Waals surface area contributed by atoms with Crippen molar-refractivity contribution in [2.75, 3.05) is 7.11 Å². The van der Waals surface area contributed by atoms with Crippen LogP contribution in [0.5, 0.6) is 17.2 Å². The Morgan fingerprint density at radius 1 is 1.00 bits per heavy atom. The molecule has 0 saturated carbocycles. The molecule has 2 aromatic carbocycles. The third-order valence-corrected chi connectivity index (χ3v) is 3.97. The van der Waals surface area contributed by atoms with Crippen LogP contribution in [0.2, 0.25) is 0 Å². The van der Waals surface area contributed by atoms with Crippen molar-refractivity contribution in [1.29, 1.82) is 0 Å². The minimum absolute atomic E-state index is 0.493. The maximum atomic E-state index is 5.82. The molecule has 0 atom stereocenters. The monoisotopic (exact) mass is 385 g/mol. The van der Waals surface area contributed by atoms with E-state index in [-0.39, 0.29) is 0 Å². The van der Waals surface area contributed by atoms with Gasteiger partial charge in [-0.15, -0.1) is 0 Å². The number of methoxy groups -OCH3 is 1. The van der Waals surface area contributed by atoms with Gasteiger partial charge in [-0.3, -0.25) is 0 Å². The minimum Gasteiger partial charge on any atom is -0.497 e. The smallest absolute Gasteiger partial charge is 0.141 e. The lowest BCUT2D eigenvalue weighted by molar-refractivity contribution is 0.412. The molecule has 0 saturated heterocycles. The zero-order valence-electron chi connectivity index (χ0n) is 10.3. The van der Waals surface area contributed by atoms with Crippen molar-refractivity contribution in [3.8, 4) is 17.2 Å². The topological polar surface area (TPSA) is 44.5 Å². The molecule has 0 spiro atoms. The van der Waals surface area contributed by atoms with Crippen molar-refractivity contribution >= 4 is 31.9 Å². The Morgan fingerprint density at radius 3 is 2.26 bits per heavy atom. The highest BCUT2D eigenvalue weighted by Gasteiger charge is 2.06. The van der Waals surface area contributed by atoms with Crippen LogP contribution in [0.4, 0.5) is 0 Å². The average molecular weight is 387 g/mol. The van der Waals surface area contributed by atoms with Gasteiger partial charge in [-0.05, 0) is 51.8 Å². The normalized spacial score (nSPS) is 10.3. The third kappa shape index (κ3) is 3.49. The maximum Gasteiger partial charge on any atom is 0.141 e. The quantitative estimate of drug-likeness (QED) is 0.842. The highest BCUT2D eigenvalue weighted by atomic mass is 79.9. The number of hydrogen-bond acceptors (Lipinski definition) is 3. The lowest BCUT2D eigenvalue weighted by Crippen LogP contribution is -1.97. The summed E-state index contributed by atoms with van der Waals surface area (Å²) in [6, 6.07) is 11.3. The van der Waals surface area contributed by atoms with Gasteiger partial charge in [0.25, 0.3) is 0 Å². The molecule has 0 bridgehead atoms. The lowest BCUT2D eigenvalue weighted by atomic mass is 10.2. The summed E-state index contributed by atoms with van der Waals surface area (Å²) in [5.74, 6) is 2.25. The minimum atomic E-state index is 0.493. The van der Waals surface area contributed by atoms with E-state index in [1.54, 1.807) is 7.11 Å². The lowest BCUT2D eigenvalue weighted by Gasteiger charge is -2.10. The molecule has 2 rings (SSSR count). The zero-order chi connectivity index (χ0) is 13.8. The second-order valence-corrected chi connectivity index (χ2v) is 5.56. The number of rotatable bonds is 4. The van der Waals surface area contributed by atoms with Crippen molar-refractivity contribution < 1.29 is 9.47 Å². The van der Waals surface area contributed by atoms with Crippen molar-refractivity contribution in [3.63, 3.8) is 0 Å². The van der Waals surface area contributed by atoms with Gasteiger partial charge >= 0.3 is 0 Å². The van der Waals surface area contributed by atoms with Crippen LogP contribution in [0.1, 0.15) is 5.56 Å². The van der Waals surface area contributed by atoms with Crippen LogP contribution < -0.4 is 15.2 Å². The van der Waals surface area contributed by atoms with E-state index in [0.717, 1.165) is 31.8 Å². The number of benzene rings is 2. The van der Waals surface area contributed by atoms with E-state index in [0.29, 0.717) is 6.54 Å². The van der Waals surface area contributed by atoms with Crippen LogP contribution in [-0.4, -0.2) is 7.11 Å². The highest BCUT2D eigenvalue weighted by Crippen LogP contribution is 2.34. The predicted octanol–water partition coefficient (Wildman–Crippen LogP) is 4.47. The van der Waals surface area contributed by atoms with Gasteiger partial charge in [-0.25, -0.2) is 0 Å². The van der Waals surface area contributed by atoms with Gasteiger partial charge < -0.3 is 15.2 Å². The van der Waals surface area contributed by atoms with Crippen LogP contribution in [0.3, 0.4) is 0 Å². The second kappa shape index (κ2) is 6.41. The molecule has 0 fully saturated rings. The van der Waals surface area contributed by atoms with Crippen LogP contribution in [0.25, 0.3) is 0 Å². The van der Waals surface area contributed by atoms with Gasteiger partial charge in [-0.1, -0.05) is 22.0 Å². The first-order valence-corrected chi connectivity index (χ1v) is 7.22. The Kier molecular flexibility index (Phi) is 4.85. The summed E-state index contributed by atoms with van der Waals surface area (Å²) in [6.07, 6.45) is 0. The van der Waals surface area contributed by atoms with E-state index in [1.807, 2.05) is 36.4 Å². The van der Waals surface area contributed by atoms with E-state index in [2.05, 4.69) is 31.9 Å². The van der Waals surface area contributed by atoms with E-state index in [1.165, 1.54) is 0 Å². The number of halogens is 2. The summed E-state index contributed by atoms with van der Waals surface area (Å²) in [6.45, 7) is 0.493. The maximum absolute atomic E-state index is 5.82. The Morgan fingerprint density at radius 2 is 1.68 bits per heavy atom. The molecule has 5 heteroatoms. The molecule has 2 aromatic rings. The zero-order valence-corrected chi connectivity index (χ0v) is 13.5. The average Bonchev–Trinajstić information content (AvgIpc) is 2.41. The standard InChI is InChI=1S/C14H13Br2NO2/c1-18-10-4-5-14(13(16)6-10)19-11-3-2-9(8-17)12(15)7-11/h2-7H,8,17H2,1H3. The molecule has 2 N–H and O–H groups in total. The number of ether oxygens (including phenoxy) is 2. The molecule has 0 unspecified atom stereocenters. The van der Waals surface area contributed by atoms with E-state index in [9.17, 15) is 0 Å². The van der Waals surface area contributed by atoms with Gasteiger partial charge in [0, 0.05) is 11.0 Å². The van der Waals surface area contributed by atoms with Gasteiger partial charge in [0.05, 0.1) is 11.6 Å². The molecule has 0 heterocycles. The molecule has 0 aromatic heterocycles. The van der Waals surface area contributed by atoms with Gasteiger partial charge in [0.15, 0.2) is 0 Å². The Balaban J connectivity index is 2.23. The molecule has 0 aliphatic heterocycles. The summed E-state index contributed by atoms with van der Waals surface area (Å²) < 4.78 is 12.7. The SMILES string of the molecule is COc1ccc(Oc2ccc(CN)c(Br)c2)c(Br)c1. The molecule has 0 aliphatic rings. The predicted molar refractivity (Wildman–Crippen MR) is 82.8 cm³/mol. The van der Waals surface area contributed by atoms with Gasteiger partial charge in [-0.2, -0.15) is 0 Å². The molecule has 0 radical (unpaired) electrons. The second-order valence-electron chi connectivity index (χ2n) is 3.86. The number of nitrogens with two attached hydrogens (primary N) is 1. The third-order valence-electron chi connectivity index (χ3n) is 2.61. The van der Waals surface area contributed by atoms with Gasteiger partial charge in [0.1, 0.15) is 17.2 Å². The van der Waals surface area contributed by atoms with Crippen LogP contribution in [0.15, 0.2) is 45.3 Å². The van der Waals surface area contributed by atoms with E-state index < -0.39 is 0 Å². The summed E-state index contributed by atoms with van der Waals surface area (Å²) in [4.78, 5) is 0. The Labute approximate surface area is 129 Å². The first-order chi connectivity index (χ1) is 9.13. The fourth-order valence-electron chi connectivity index (χ4n) is 1.58. The first kappa shape index (κ1) is 14.4. The molecule has 100 valence electrons. The van der Waals surface area contributed by atoms with Crippen LogP contribution in [0, 0.1) is 0 Å². The Hall–Kier alpha value is -1.04. The van der Waals surface area contributed by atoms with E-state index in [4.69, 9.17) is 15.2 Å². The first-order valence-electron chi connectivity index (χ1n) is 5.64. The molecule has 3 nitrogen and oxygen atoms in total. The summed E-state index contributed by atoms with van der Waals surface area (Å²) >= 11 is 6.93. The summed E-state index contributed by atoms with van der Waals surface area (Å²) in [5.41, 5.74) is 6.66. The molecule has 0 aliphatic carbocycles. The highest BCUT2D eigenvalue weighted by molar-refractivity contribution is 9.10. The Bertz CT molecular complexity index is 588. The van der Waals surface area contributed by atoms with Crippen molar-refractivity contribution in [2.24, 2.45) is 5.73 Å². The number of hydrogen-bond donors (Lipinski definition) is 1. The molecular weight excluding hydrogens is 374 g/mol. The van der Waals surface area contributed by atoms with E-state index >= 15 is 0 Å². The molecular formula is C14H13Br2NO2. The van der Waals surface area contributed by atoms with Crippen molar-refractivity contribution in [1.82, 2.24) is 0 Å². The summed E-state index contributed by atoms with van der Waals surface area (Å²) in [5, 5.41) is 0. The molecule has 19 heavy (non-hydrogen) atoms. The van der Waals surface area contributed by atoms with Crippen LogP contribution in [-0.2, 0) is 6.54 Å². The van der Waals surface area contributed by atoms with Crippen molar-refractivity contribution in [2.45, 2.75) is 6.54 Å². The summed E-state index contributed by atoms with van der Waals surface area (Å²) in [7, 11) is 1.63. The largest absolute Gasteiger partial charge is 0.497 e. The fourth-order valence-corrected chi connectivity index (χ4v) is 2.53. The molecule has 0 amide bonds. The fraction of sp³-hybridized carbons (Fsp3) is 0.143.